The van der Waals surface area contributed by atoms with Gasteiger partial charge in [-0.15, -0.1) is 0 Å². The van der Waals surface area contributed by atoms with Gasteiger partial charge < -0.3 is 15.5 Å². The van der Waals surface area contributed by atoms with E-state index in [4.69, 9.17) is 0 Å². The number of rotatable bonds is 8. The first kappa shape index (κ1) is 16.4. The summed E-state index contributed by atoms with van der Waals surface area (Å²) in [5.74, 6) is 0.711. The third kappa shape index (κ3) is 5.17. The standard InChI is InChI=1S/C15H26N4O/c1-5-16-14-11-13(10-12(4)18-14)15(20)17-8-9-19(6-2)7-3/h10-11H,5-9H2,1-4H3,(H,16,18)(H,17,20). The van der Waals surface area contributed by atoms with Gasteiger partial charge in [0.1, 0.15) is 5.82 Å². The van der Waals surface area contributed by atoms with Crippen molar-refractivity contribution >= 4 is 11.7 Å². The molecule has 112 valence electrons. The van der Waals surface area contributed by atoms with E-state index in [1.165, 1.54) is 0 Å². The molecule has 0 aliphatic heterocycles. The maximum absolute atomic E-state index is 12.1. The first-order chi connectivity index (χ1) is 9.60. The summed E-state index contributed by atoms with van der Waals surface area (Å²) in [7, 11) is 0. The molecule has 0 atom stereocenters. The second-order valence-corrected chi connectivity index (χ2v) is 4.70. The minimum atomic E-state index is -0.0400. The van der Waals surface area contributed by atoms with Gasteiger partial charge in [-0.2, -0.15) is 0 Å². The summed E-state index contributed by atoms with van der Waals surface area (Å²) < 4.78 is 0. The molecule has 0 fully saturated rings. The Kier molecular flexibility index (Phi) is 7.01. The lowest BCUT2D eigenvalue weighted by Crippen LogP contribution is -2.34. The van der Waals surface area contributed by atoms with Crippen molar-refractivity contribution in [2.24, 2.45) is 0 Å². The molecule has 0 spiro atoms. The average molecular weight is 278 g/mol. The molecule has 1 aromatic rings. The van der Waals surface area contributed by atoms with Crippen LogP contribution in [-0.2, 0) is 0 Å². The number of aryl methyl sites for hydroxylation is 1. The van der Waals surface area contributed by atoms with E-state index < -0.39 is 0 Å². The number of anilines is 1. The molecule has 1 heterocycles. The van der Waals surface area contributed by atoms with Crippen LogP contribution in [0, 0.1) is 6.92 Å². The minimum Gasteiger partial charge on any atom is -0.370 e. The maximum atomic E-state index is 12.1. The molecule has 0 aliphatic rings. The van der Waals surface area contributed by atoms with Gasteiger partial charge in [-0.05, 0) is 39.1 Å². The van der Waals surface area contributed by atoms with E-state index in [-0.39, 0.29) is 5.91 Å². The van der Waals surface area contributed by atoms with Gasteiger partial charge in [-0.25, -0.2) is 4.98 Å². The zero-order chi connectivity index (χ0) is 15.0. The molecule has 5 heteroatoms. The van der Waals surface area contributed by atoms with E-state index in [1.54, 1.807) is 6.07 Å². The van der Waals surface area contributed by atoms with Crippen LogP contribution in [0.15, 0.2) is 12.1 Å². The number of likely N-dealkylation sites (N-methyl/N-ethyl adjacent to an activating group) is 1. The smallest absolute Gasteiger partial charge is 0.251 e. The highest BCUT2D eigenvalue weighted by atomic mass is 16.1. The Morgan fingerprint density at radius 3 is 2.55 bits per heavy atom. The second kappa shape index (κ2) is 8.53. The van der Waals surface area contributed by atoms with Crippen molar-refractivity contribution in [3.05, 3.63) is 23.4 Å². The van der Waals surface area contributed by atoms with Gasteiger partial charge in [-0.1, -0.05) is 13.8 Å². The molecular weight excluding hydrogens is 252 g/mol. The number of hydrogen-bond donors (Lipinski definition) is 2. The third-order valence-corrected chi connectivity index (χ3v) is 3.18. The predicted molar refractivity (Wildman–Crippen MR) is 83.3 cm³/mol. The predicted octanol–water partition coefficient (Wildman–Crippen LogP) is 1.89. The summed E-state index contributed by atoms with van der Waals surface area (Å²) in [6, 6.07) is 3.61. The molecule has 0 radical (unpaired) electrons. The molecule has 1 amide bonds. The Hall–Kier alpha value is -1.62. The summed E-state index contributed by atoms with van der Waals surface area (Å²) >= 11 is 0. The number of nitrogens with one attached hydrogen (secondary N) is 2. The lowest BCUT2D eigenvalue weighted by atomic mass is 10.2. The summed E-state index contributed by atoms with van der Waals surface area (Å²) in [4.78, 5) is 18.7. The van der Waals surface area contributed by atoms with Crippen molar-refractivity contribution in [1.82, 2.24) is 15.2 Å². The monoisotopic (exact) mass is 278 g/mol. The molecule has 5 nitrogen and oxygen atoms in total. The number of hydrogen-bond acceptors (Lipinski definition) is 4. The second-order valence-electron chi connectivity index (χ2n) is 4.70. The fourth-order valence-electron chi connectivity index (χ4n) is 2.04. The summed E-state index contributed by atoms with van der Waals surface area (Å²) in [6.07, 6.45) is 0. The quantitative estimate of drug-likeness (QED) is 0.762. The third-order valence-electron chi connectivity index (χ3n) is 3.18. The van der Waals surface area contributed by atoms with Crippen molar-refractivity contribution in [3.8, 4) is 0 Å². The van der Waals surface area contributed by atoms with E-state index in [1.807, 2.05) is 19.9 Å². The molecule has 0 aromatic carbocycles. The highest BCUT2D eigenvalue weighted by Gasteiger charge is 2.08. The minimum absolute atomic E-state index is 0.0400. The van der Waals surface area contributed by atoms with Crippen LogP contribution in [0.25, 0.3) is 0 Å². The zero-order valence-corrected chi connectivity index (χ0v) is 13.0. The fraction of sp³-hybridized carbons (Fsp3) is 0.600. The van der Waals surface area contributed by atoms with Crippen molar-refractivity contribution in [3.63, 3.8) is 0 Å². The number of carbonyl (C=O) groups excluding carboxylic acids is 1. The van der Waals surface area contributed by atoms with Gasteiger partial charge in [-0.3, -0.25) is 4.79 Å². The molecule has 0 saturated carbocycles. The Balaban J connectivity index is 2.58. The van der Waals surface area contributed by atoms with Crippen LogP contribution in [0.5, 0.6) is 0 Å². The summed E-state index contributed by atoms with van der Waals surface area (Å²) in [5.41, 5.74) is 1.50. The van der Waals surface area contributed by atoms with Crippen molar-refractivity contribution in [2.75, 3.05) is 38.0 Å². The number of pyridine rings is 1. The molecule has 2 N–H and O–H groups in total. The van der Waals surface area contributed by atoms with Gasteiger partial charge >= 0.3 is 0 Å². The lowest BCUT2D eigenvalue weighted by molar-refractivity contribution is 0.0948. The highest BCUT2D eigenvalue weighted by molar-refractivity contribution is 5.95. The molecule has 0 unspecified atom stereocenters. The van der Waals surface area contributed by atoms with Crippen molar-refractivity contribution < 1.29 is 4.79 Å². The van der Waals surface area contributed by atoms with Gasteiger partial charge in [0, 0.05) is 30.9 Å². The Morgan fingerprint density at radius 2 is 1.95 bits per heavy atom. The van der Waals surface area contributed by atoms with Crippen LogP contribution in [0.3, 0.4) is 0 Å². The van der Waals surface area contributed by atoms with Crippen LogP contribution in [0.1, 0.15) is 36.8 Å². The summed E-state index contributed by atoms with van der Waals surface area (Å²) in [5, 5.41) is 6.10. The van der Waals surface area contributed by atoms with E-state index in [0.29, 0.717) is 12.1 Å². The van der Waals surface area contributed by atoms with E-state index >= 15 is 0 Å². The van der Waals surface area contributed by atoms with Crippen LogP contribution in [0.2, 0.25) is 0 Å². The Labute approximate surface area is 121 Å². The zero-order valence-electron chi connectivity index (χ0n) is 13.0. The van der Waals surface area contributed by atoms with Crippen molar-refractivity contribution in [2.45, 2.75) is 27.7 Å². The fourth-order valence-corrected chi connectivity index (χ4v) is 2.04. The Morgan fingerprint density at radius 1 is 1.25 bits per heavy atom. The van der Waals surface area contributed by atoms with Crippen molar-refractivity contribution in [1.29, 1.82) is 0 Å². The normalized spacial score (nSPS) is 10.7. The van der Waals surface area contributed by atoms with Gasteiger partial charge in [0.05, 0.1) is 0 Å². The molecule has 0 bridgehead atoms. The number of amides is 1. The Bertz CT molecular complexity index is 430. The van der Waals surface area contributed by atoms with Crippen LogP contribution in [-0.4, -0.2) is 48.5 Å². The van der Waals surface area contributed by atoms with Crippen LogP contribution < -0.4 is 10.6 Å². The first-order valence-electron chi connectivity index (χ1n) is 7.33. The number of aromatic nitrogens is 1. The molecule has 0 saturated heterocycles. The first-order valence-corrected chi connectivity index (χ1v) is 7.33. The molecular formula is C15H26N4O. The SMILES string of the molecule is CCNc1cc(C(=O)NCCN(CC)CC)cc(C)n1. The van der Waals surface area contributed by atoms with E-state index in [0.717, 1.165) is 37.7 Å². The van der Waals surface area contributed by atoms with Gasteiger partial charge in [0.15, 0.2) is 0 Å². The number of carbonyl (C=O) groups is 1. The van der Waals surface area contributed by atoms with E-state index in [2.05, 4.69) is 34.4 Å². The van der Waals surface area contributed by atoms with Crippen LogP contribution in [0.4, 0.5) is 5.82 Å². The largest absolute Gasteiger partial charge is 0.370 e. The number of nitrogens with zero attached hydrogens (tertiary/aromatic N) is 2. The molecule has 1 aromatic heterocycles. The molecule has 0 aliphatic carbocycles. The van der Waals surface area contributed by atoms with Crippen LogP contribution >= 0.6 is 0 Å². The van der Waals surface area contributed by atoms with E-state index in [9.17, 15) is 4.79 Å². The molecule has 1 rings (SSSR count). The van der Waals surface area contributed by atoms with Gasteiger partial charge in [0.2, 0.25) is 0 Å². The summed E-state index contributed by atoms with van der Waals surface area (Å²) in [6.45, 7) is 12.5. The molecule has 20 heavy (non-hydrogen) atoms. The maximum Gasteiger partial charge on any atom is 0.251 e. The average Bonchev–Trinajstić information content (AvgIpc) is 2.43. The topological polar surface area (TPSA) is 57.3 Å². The van der Waals surface area contributed by atoms with Gasteiger partial charge in [0.25, 0.3) is 5.91 Å². The lowest BCUT2D eigenvalue weighted by Gasteiger charge is -2.18. The highest BCUT2D eigenvalue weighted by Crippen LogP contribution is 2.09.